The highest BCUT2D eigenvalue weighted by molar-refractivity contribution is 5.92. The lowest BCUT2D eigenvalue weighted by molar-refractivity contribution is 0.243. The smallest absolute Gasteiger partial charge is 0.319 e. The first-order valence-corrected chi connectivity index (χ1v) is 4.95. The van der Waals surface area contributed by atoms with Crippen molar-refractivity contribution >= 4 is 11.7 Å². The quantitative estimate of drug-likeness (QED) is 0.731. The van der Waals surface area contributed by atoms with Gasteiger partial charge in [-0.3, -0.25) is 0 Å². The van der Waals surface area contributed by atoms with E-state index in [0.29, 0.717) is 5.69 Å². The summed E-state index contributed by atoms with van der Waals surface area (Å²) >= 11 is 0. The molecule has 0 spiro atoms. The van der Waals surface area contributed by atoms with E-state index < -0.39 is 0 Å². The van der Waals surface area contributed by atoms with E-state index in [1.54, 1.807) is 6.07 Å². The van der Waals surface area contributed by atoms with Gasteiger partial charge in [0.1, 0.15) is 5.82 Å². The highest BCUT2D eigenvalue weighted by Gasteiger charge is 2.26. The maximum absolute atomic E-state index is 13.1. The Hall–Kier alpha value is -1.58. The molecular weight excluding hydrogens is 195 g/mol. The minimum Gasteiger partial charge on any atom is -0.331 e. The van der Waals surface area contributed by atoms with Crippen LogP contribution in [0.2, 0.25) is 0 Å². The molecule has 1 aromatic rings. The molecule has 15 heavy (non-hydrogen) atoms. The van der Waals surface area contributed by atoms with Crippen LogP contribution in [0.1, 0.15) is 25.5 Å². The van der Waals surface area contributed by atoms with Crippen molar-refractivity contribution in [1.29, 1.82) is 0 Å². The van der Waals surface area contributed by atoms with Gasteiger partial charge < -0.3 is 10.6 Å². The molecule has 1 heterocycles. The number of amides is 2. The zero-order valence-corrected chi connectivity index (χ0v) is 8.67. The Morgan fingerprint density at radius 1 is 1.40 bits per heavy atom. The van der Waals surface area contributed by atoms with Crippen LogP contribution in [0.5, 0.6) is 0 Å². The molecule has 1 unspecified atom stereocenters. The van der Waals surface area contributed by atoms with Gasteiger partial charge in [0.05, 0.1) is 6.04 Å². The third-order valence-corrected chi connectivity index (χ3v) is 2.55. The maximum atomic E-state index is 13.1. The van der Waals surface area contributed by atoms with Crippen LogP contribution < -0.4 is 10.6 Å². The topological polar surface area (TPSA) is 41.1 Å². The molecule has 0 bridgehead atoms. The van der Waals surface area contributed by atoms with E-state index in [0.717, 1.165) is 5.56 Å². The van der Waals surface area contributed by atoms with Crippen LogP contribution in [0.25, 0.3) is 0 Å². The molecule has 1 aliphatic heterocycles. The van der Waals surface area contributed by atoms with E-state index in [2.05, 4.69) is 10.6 Å². The molecular formula is C11H13FN2O. The molecule has 2 rings (SSSR count). The normalized spacial score (nSPS) is 19.5. The minimum atomic E-state index is -0.280. The lowest BCUT2D eigenvalue weighted by atomic mass is 9.93. The zero-order valence-electron chi connectivity index (χ0n) is 8.67. The van der Waals surface area contributed by atoms with Crippen molar-refractivity contribution in [2.45, 2.75) is 19.9 Å². The molecule has 0 saturated heterocycles. The Bertz CT molecular complexity index is 404. The Balaban J connectivity index is 2.47. The van der Waals surface area contributed by atoms with Crippen LogP contribution in [0.15, 0.2) is 18.2 Å². The van der Waals surface area contributed by atoms with Gasteiger partial charge in [-0.25, -0.2) is 9.18 Å². The number of anilines is 1. The number of hydrogen-bond donors (Lipinski definition) is 2. The molecule has 4 heteroatoms. The van der Waals surface area contributed by atoms with Gasteiger partial charge in [0.25, 0.3) is 0 Å². The van der Waals surface area contributed by atoms with E-state index >= 15 is 0 Å². The highest BCUT2D eigenvalue weighted by atomic mass is 19.1. The van der Waals surface area contributed by atoms with Gasteiger partial charge in [-0.1, -0.05) is 13.8 Å². The number of hydrogen-bond acceptors (Lipinski definition) is 1. The standard InChI is InChI=1S/C11H13FN2O/c1-6(2)10-8-5-7(12)3-4-9(8)13-11(15)14-10/h3-6,10H,1-2H3,(H2,13,14,15). The van der Waals surface area contributed by atoms with Crippen molar-refractivity contribution in [3.8, 4) is 0 Å². The molecule has 2 N–H and O–H groups in total. The number of fused-ring (bicyclic) bond motifs is 1. The first-order valence-electron chi connectivity index (χ1n) is 4.95. The third kappa shape index (κ3) is 1.79. The molecule has 3 nitrogen and oxygen atoms in total. The number of benzene rings is 1. The summed E-state index contributed by atoms with van der Waals surface area (Å²) in [5, 5.41) is 5.44. The Morgan fingerprint density at radius 2 is 2.13 bits per heavy atom. The van der Waals surface area contributed by atoms with Crippen molar-refractivity contribution in [1.82, 2.24) is 5.32 Å². The fraction of sp³-hybridized carbons (Fsp3) is 0.364. The van der Waals surface area contributed by atoms with E-state index in [-0.39, 0.29) is 23.8 Å². The van der Waals surface area contributed by atoms with Crippen LogP contribution in [-0.2, 0) is 0 Å². The third-order valence-electron chi connectivity index (χ3n) is 2.55. The number of rotatable bonds is 1. The summed E-state index contributed by atoms with van der Waals surface area (Å²) in [6, 6.07) is 4.06. The SMILES string of the molecule is CC(C)C1NC(=O)Nc2ccc(F)cc21. The van der Waals surface area contributed by atoms with Crippen molar-refractivity contribution in [3.63, 3.8) is 0 Å². The van der Waals surface area contributed by atoms with E-state index in [1.807, 2.05) is 13.8 Å². The number of urea groups is 1. The summed E-state index contributed by atoms with van der Waals surface area (Å²) in [6.07, 6.45) is 0. The van der Waals surface area contributed by atoms with Crippen molar-refractivity contribution in [2.24, 2.45) is 5.92 Å². The lowest BCUT2D eigenvalue weighted by Gasteiger charge is -2.29. The van der Waals surface area contributed by atoms with Gasteiger partial charge in [-0.2, -0.15) is 0 Å². The summed E-state index contributed by atoms with van der Waals surface area (Å²) in [5.41, 5.74) is 1.50. The predicted octanol–water partition coefficient (Wildman–Crippen LogP) is 2.66. The van der Waals surface area contributed by atoms with Gasteiger partial charge in [-0.15, -0.1) is 0 Å². The summed E-state index contributed by atoms with van der Waals surface area (Å²) in [6.45, 7) is 3.98. The van der Waals surface area contributed by atoms with Crippen LogP contribution in [0.3, 0.4) is 0 Å². The number of nitrogens with one attached hydrogen (secondary N) is 2. The minimum absolute atomic E-state index is 0.121. The molecule has 80 valence electrons. The Morgan fingerprint density at radius 3 is 2.80 bits per heavy atom. The lowest BCUT2D eigenvalue weighted by Crippen LogP contribution is -2.39. The van der Waals surface area contributed by atoms with Gasteiger partial charge in [0, 0.05) is 11.3 Å². The van der Waals surface area contributed by atoms with Crippen LogP contribution in [-0.4, -0.2) is 6.03 Å². The van der Waals surface area contributed by atoms with E-state index in [1.165, 1.54) is 12.1 Å². The molecule has 0 fully saturated rings. The fourth-order valence-corrected chi connectivity index (χ4v) is 1.81. The molecule has 0 saturated carbocycles. The Labute approximate surface area is 87.7 Å². The monoisotopic (exact) mass is 208 g/mol. The summed E-state index contributed by atoms with van der Waals surface area (Å²) in [5.74, 6) is -0.0473. The van der Waals surface area contributed by atoms with E-state index in [9.17, 15) is 9.18 Å². The molecule has 1 aromatic carbocycles. The number of carbonyl (C=O) groups excluding carboxylic acids is 1. The highest BCUT2D eigenvalue weighted by Crippen LogP contribution is 2.31. The number of carbonyl (C=O) groups is 1. The molecule has 2 amide bonds. The summed E-state index contributed by atoms with van der Waals surface area (Å²) in [4.78, 5) is 11.3. The first kappa shape index (κ1) is 9.96. The first-order chi connectivity index (χ1) is 7.08. The molecule has 0 radical (unpaired) electrons. The molecule has 1 aliphatic rings. The van der Waals surface area contributed by atoms with Gasteiger partial charge in [0.15, 0.2) is 0 Å². The van der Waals surface area contributed by atoms with E-state index in [4.69, 9.17) is 0 Å². The van der Waals surface area contributed by atoms with Gasteiger partial charge in [-0.05, 0) is 24.1 Å². The second-order valence-electron chi connectivity index (χ2n) is 4.05. The van der Waals surface area contributed by atoms with Crippen LogP contribution in [0.4, 0.5) is 14.9 Å². The van der Waals surface area contributed by atoms with Crippen molar-refractivity contribution in [3.05, 3.63) is 29.6 Å². The second kappa shape index (κ2) is 3.53. The molecule has 1 atom stereocenters. The fourth-order valence-electron chi connectivity index (χ4n) is 1.81. The average molecular weight is 208 g/mol. The molecule has 0 aromatic heterocycles. The number of halogens is 1. The summed E-state index contributed by atoms with van der Waals surface area (Å²) in [7, 11) is 0. The van der Waals surface area contributed by atoms with Gasteiger partial charge >= 0.3 is 6.03 Å². The Kier molecular flexibility index (Phi) is 2.34. The van der Waals surface area contributed by atoms with Crippen molar-refractivity contribution in [2.75, 3.05) is 5.32 Å². The van der Waals surface area contributed by atoms with Gasteiger partial charge in [0.2, 0.25) is 0 Å². The second-order valence-corrected chi connectivity index (χ2v) is 4.05. The predicted molar refractivity (Wildman–Crippen MR) is 56.1 cm³/mol. The largest absolute Gasteiger partial charge is 0.331 e. The van der Waals surface area contributed by atoms with Crippen LogP contribution >= 0.6 is 0 Å². The zero-order chi connectivity index (χ0) is 11.0. The van der Waals surface area contributed by atoms with Crippen molar-refractivity contribution < 1.29 is 9.18 Å². The van der Waals surface area contributed by atoms with Crippen LogP contribution in [0, 0.1) is 11.7 Å². The average Bonchev–Trinajstić information content (AvgIpc) is 2.17. The molecule has 0 aliphatic carbocycles. The summed E-state index contributed by atoms with van der Waals surface area (Å²) < 4.78 is 13.1. The maximum Gasteiger partial charge on any atom is 0.319 e.